The fourth-order valence-electron chi connectivity index (χ4n) is 3.58. The average Bonchev–Trinajstić information content (AvgIpc) is 3.20. The molecule has 4 nitrogen and oxygen atoms in total. The monoisotopic (exact) mass is 339 g/mol. The van der Waals surface area contributed by atoms with Gasteiger partial charge in [0, 0.05) is 39.2 Å². The van der Waals surface area contributed by atoms with Crippen LogP contribution in [0.15, 0.2) is 58.3 Å². The zero-order valence-corrected chi connectivity index (χ0v) is 14.2. The van der Waals surface area contributed by atoms with Crippen LogP contribution in [0.3, 0.4) is 0 Å². The molecule has 1 amide bonds. The van der Waals surface area contributed by atoms with E-state index in [1.807, 2.05) is 48.5 Å². The number of hydrogen-bond donors (Lipinski definition) is 3. The molecule has 4 N–H and O–H groups in total. The van der Waals surface area contributed by atoms with Crippen molar-refractivity contribution in [3.05, 3.63) is 54.1 Å². The number of fused-ring (bicyclic) bond motifs is 2. The van der Waals surface area contributed by atoms with E-state index in [-0.39, 0.29) is 11.9 Å². The highest BCUT2D eigenvalue weighted by Crippen LogP contribution is 2.29. The lowest BCUT2D eigenvalue weighted by molar-refractivity contribution is 0.0931. The maximum absolute atomic E-state index is 12.4. The predicted molar refractivity (Wildman–Crippen MR) is 97.2 cm³/mol. The Hall–Kier alpha value is -1.98. The van der Waals surface area contributed by atoms with Gasteiger partial charge in [0.05, 0.1) is 0 Å². The number of amides is 1. The van der Waals surface area contributed by atoms with Gasteiger partial charge < -0.3 is 16.4 Å². The van der Waals surface area contributed by atoms with Crippen molar-refractivity contribution < 1.29 is 4.79 Å². The Morgan fingerprint density at radius 2 is 1.71 bits per heavy atom. The Kier molecular flexibility index (Phi) is 4.21. The van der Waals surface area contributed by atoms with Crippen LogP contribution in [0.4, 0.5) is 5.69 Å². The van der Waals surface area contributed by atoms with Crippen LogP contribution in [0, 0.1) is 0 Å². The van der Waals surface area contributed by atoms with Gasteiger partial charge in [0.2, 0.25) is 0 Å². The highest BCUT2D eigenvalue weighted by Gasteiger charge is 2.39. The lowest BCUT2D eigenvalue weighted by atomic mass is 9.95. The number of nitrogens with one attached hydrogen (secondary N) is 2. The summed E-state index contributed by atoms with van der Waals surface area (Å²) >= 11 is 1.66. The molecule has 4 rings (SSSR count). The van der Waals surface area contributed by atoms with Gasteiger partial charge in [0.15, 0.2) is 0 Å². The van der Waals surface area contributed by atoms with E-state index >= 15 is 0 Å². The number of carbonyl (C=O) groups excluding carboxylic acids is 1. The molecule has 5 heteroatoms. The van der Waals surface area contributed by atoms with Crippen LogP contribution in [0.2, 0.25) is 0 Å². The predicted octanol–water partition coefficient (Wildman–Crippen LogP) is 3.04. The van der Waals surface area contributed by atoms with Gasteiger partial charge in [-0.3, -0.25) is 4.79 Å². The normalized spacial score (nSPS) is 24.9. The Morgan fingerprint density at radius 3 is 2.29 bits per heavy atom. The van der Waals surface area contributed by atoms with Gasteiger partial charge in [-0.05, 0) is 67.8 Å². The minimum absolute atomic E-state index is 0.0263. The Balaban J connectivity index is 1.38. The molecule has 0 aromatic heterocycles. The first-order chi connectivity index (χ1) is 11.7. The number of hydrogen-bond acceptors (Lipinski definition) is 4. The molecule has 2 aliphatic rings. The summed E-state index contributed by atoms with van der Waals surface area (Å²) < 4.78 is 0. The molecule has 0 saturated carbocycles. The van der Waals surface area contributed by atoms with Crippen LogP contribution in [0.25, 0.3) is 0 Å². The second-order valence-corrected chi connectivity index (χ2v) is 7.71. The average molecular weight is 339 g/mol. The highest BCUT2D eigenvalue weighted by molar-refractivity contribution is 7.99. The maximum atomic E-state index is 12.4. The summed E-state index contributed by atoms with van der Waals surface area (Å²) in [5.74, 6) is 0.0263. The zero-order valence-electron chi connectivity index (χ0n) is 13.4. The van der Waals surface area contributed by atoms with Gasteiger partial charge in [-0.1, -0.05) is 11.8 Å². The standard InChI is InChI=1S/C19H21N3OS/c20-13-3-8-16(9-4-13)24-15-6-1-12(2-7-15)19(23)22-18-11-14-5-10-17(18)21-14/h1-4,6-9,14,17-18,21H,5,10-11,20H2,(H,22,23)/t14-,17+,18-/m1/s1. The van der Waals surface area contributed by atoms with Crippen molar-refractivity contribution in [2.75, 3.05) is 5.73 Å². The van der Waals surface area contributed by atoms with E-state index in [4.69, 9.17) is 5.73 Å². The van der Waals surface area contributed by atoms with Crippen LogP contribution in [-0.2, 0) is 0 Å². The van der Waals surface area contributed by atoms with Crippen LogP contribution >= 0.6 is 11.8 Å². The number of carbonyl (C=O) groups is 1. The van der Waals surface area contributed by atoms with Gasteiger partial charge in [0.1, 0.15) is 0 Å². The number of nitrogens with two attached hydrogens (primary N) is 1. The topological polar surface area (TPSA) is 67.2 Å². The van der Waals surface area contributed by atoms with Crippen molar-refractivity contribution >= 4 is 23.4 Å². The number of nitrogen functional groups attached to an aromatic ring is 1. The molecule has 0 radical (unpaired) electrons. The van der Waals surface area contributed by atoms with Gasteiger partial charge in [-0.15, -0.1) is 0 Å². The Bertz CT molecular complexity index is 729. The van der Waals surface area contributed by atoms with Crippen LogP contribution in [0.1, 0.15) is 29.6 Å². The van der Waals surface area contributed by atoms with Gasteiger partial charge >= 0.3 is 0 Å². The highest BCUT2D eigenvalue weighted by atomic mass is 32.2. The Labute approximate surface area is 146 Å². The van der Waals surface area contributed by atoms with Gasteiger partial charge in [0.25, 0.3) is 5.91 Å². The molecule has 2 heterocycles. The van der Waals surface area contributed by atoms with Crippen molar-refractivity contribution in [1.82, 2.24) is 10.6 Å². The van der Waals surface area contributed by atoms with E-state index in [1.165, 1.54) is 12.8 Å². The quantitative estimate of drug-likeness (QED) is 0.749. The molecule has 2 aromatic rings. The fraction of sp³-hybridized carbons (Fsp3) is 0.316. The summed E-state index contributed by atoms with van der Waals surface area (Å²) in [6.07, 6.45) is 3.47. The molecule has 0 aliphatic carbocycles. The summed E-state index contributed by atoms with van der Waals surface area (Å²) in [6, 6.07) is 16.9. The van der Waals surface area contributed by atoms with E-state index in [1.54, 1.807) is 11.8 Å². The summed E-state index contributed by atoms with van der Waals surface area (Å²) in [4.78, 5) is 14.7. The molecule has 2 aliphatic heterocycles. The van der Waals surface area contributed by atoms with Crippen molar-refractivity contribution in [1.29, 1.82) is 0 Å². The van der Waals surface area contributed by atoms with Crippen molar-refractivity contribution in [3.63, 3.8) is 0 Å². The van der Waals surface area contributed by atoms with Crippen LogP contribution in [0.5, 0.6) is 0 Å². The molecule has 2 fully saturated rings. The number of anilines is 1. The van der Waals surface area contributed by atoms with Crippen LogP contribution < -0.4 is 16.4 Å². The van der Waals surface area contributed by atoms with E-state index in [2.05, 4.69) is 10.6 Å². The Morgan fingerprint density at radius 1 is 1.04 bits per heavy atom. The largest absolute Gasteiger partial charge is 0.399 e. The van der Waals surface area contributed by atoms with Crippen molar-refractivity contribution in [2.24, 2.45) is 0 Å². The maximum Gasteiger partial charge on any atom is 0.251 e. The minimum Gasteiger partial charge on any atom is -0.399 e. The molecule has 24 heavy (non-hydrogen) atoms. The molecule has 2 aromatic carbocycles. The SMILES string of the molecule is Nc1ccc(Sc2ccc(C(=O)N[C@@H]3C[C@H]4CC[C@@H]3N4)cc2)cc1. The molecule has 124 valence electrons. The molecule has 0 spiro atoms. The smallest absolute Gasteiger partial charge is 0.251 e. The first-order valence-corrected chi connectivity index (χ1v) is 9.19. The van der Waals surface area contributed by atoms with E-state index < -0.39 is 0 Å². The van der Waals surface area contributed by atoms with Gasteiger partial charge in [-0.2, -0.15) is 0 Å². The second-order valence-electron chi connectivity index (χ2n) is 6.56. The summed E-state index contributed by atoms with van der Waals surface area (Å²) in [5, 5.41) is 6.73. The molecule has 2 saturated heterocycles. The zero-order chi connectivity index (χ0) is 16.5. The first-order valence-electron chi connectivity index (χ1n) is 8.38. The number of benzene rings is 2. The molecular formula is C19H21N3OS. The first kappa shape index (κ1) is 15.5. The second kappa shape index (κ2) is 6.49. The summed E-state index contributed by atoms with van der Waals surface area (Å²) in [5.41, 5.74) is 7.19. The number of rotatable bonds is 4. The van der Waals surface area contributed by atoms with Gasteiger partial charge in [-0.25, -0.2) is 0 Å². The summed E-state index contributed by atoms with van der Waals surface area (Å²) in [6.45, 7) is 0. The fourth-order valence-corrected chi connectivity index (χ4v) is 4.40. The molecule has 3 atom stereocenters. The summed E-state index contributed by atoms with van der Waals surface area (Å²) in [7, 11) is 0. The van der Waals surface area contributed by atoms with E-state index in [9.17, 15) is 4.79 Å². The molecule has 0 unspecified atom stereocenters. The molecule has 2 bridgehead atoms. The lowest BCUT2D eigenvalue weighted by Crippen LogP contribution is -2.42. The van der Waals surface area contributed by atoms with Crippen molar-refractivity contribution in [3.8, 4) is 0 Å². The third-order valence-electron chi connectivity index (χ3n) is 4.85. The third kappa shape index (κ3) is 3.28. The third-order valence-corrected chi connectivity index (χ3v) is 5.86. The minimum atomic E-state index is 0.0263. The van der Waals surface area contributed by atoms with Crippen molar-refractivity contribution in [2.45, 2.75) is 47.2 Å². The lowest BCUT2D eigenvalue weighted by Gasteiger charge is -2.21. The van der Waals surface area contributed by atoms with E-state index in [0.29, 0.717) is 12.1 Å². The van der Waals surface area contributed by atoms with Crippen LogP contribution in [-0.4, -0.2) is 24.0 Å². The van der Waals surface area contributed by atoms with E-state index in [0.717, 1.165) is 27.5 Å². The molecular weight excluding hydrogens is 318 g/mol.